The van der Waals surface area contributed by atoms with Gasteiger partial charge in [0.15, 0.2) is 0 Å². The summed E-state index contributed by atoms with van der Waals surface area (Å²) in [7, 11) is 4.19. The van der Waals surface area contributed by atoms with Gasteiger partial charge < -0.3 is 10.2 Å². The highest BCUT2D eigenvalue weighted by Crippen LogP contribution is 2.11. The zero-order chi connectivity index (χ0) is 12.0. The van der Waals surface area contributed by atoms with Gasteiger partial charge >= 0.3 is 0 Å². The summed E-state index contributed by atoms with van der Waals surface area (Å²) < 4.78 is 0. The predicted octanol–water partition coefficient (Wildman–Crippen LogP) is 1.39. The number of nitrogens with zero attached hydrogens (tertiary/aromatic N) is 3. The Morgan fingerprint density at radius 1 is 1.31 bits per heavy atom. The van der Waals surface area contributed by atoms with Gasteiger partial charge in [0.2, 0.25) is 0 Å². The lowest BCUT2D eigenvalue weighted by Gasteiger charge is -2.15. The van der Waals surface area contributed by atoms with Crippen LogP contribution < -0.4 is 5.32 Å². The monoisotopic (exact) mass is 222 g/mol. The van der Waals surface area contributed by atoms with Crippen LogP contribution in [-0.2, 0) is 0 Å². The molecule has 0 radical (unpaired) electrons. The molecule has 0 saturated heterocycles. The molecule has 4 heteroatoms. The van der Waals surface area contributed by atoms with Crippen LogP contribution in [-0.4, -0.2) is 42.1 Å². The van der Waals surface area contributed by atoms with Crippen molar-refractivity contribution >= 4 is 0 Å². The Morgan fingerprint density at radius 2 is 2.00 bits per heavy atom. The van der Waals surface area contributed by atoms with Crippen molar-refractivity contribution < 1.29 is 0 Å². The summed E-state index contributed by atoms with van der Waals surface area (Å²) in [6.45, 7) is 6.25. The maximum absolute atomic E-state index is 4.36. The average molecular weight is 222 g/mol. The zero-order valence-corrected chi connectivity index (χ0v) is 10.7. The molecule has 90 valence electrons. The van der Waals surface area contributed by atoms with Gasteiger partial charge in [0.05, 0.1) is 11.4 Å². The molecule has 1 aromatic heterocycles. The molecule has 1 heterocycles. The minimum absolute atomic E-state index is 0.274. The fourth-order valence-corrected chi connectivity index (χ4v) is 1.65. The molecule has 1 atom stereocenters. The fraction of sp³-hybridized carbons (Fsp3) is 0.667. The zero-order valence-electron chi connectivity index (χ0n) is 10.7. The minimum Gasteiger partial charge on any atom is -0.309 e. The maximum atomic E-state index is 4.36. The number of nitrogens with one attached hydrogen (secondary N) is 1. The Bertz CT molecular complexity index is 312. The van der Waals surface area contributed by atoms with E-state index in [2.05, 4.69) is 41.2 Å². The summed E-state index contributed by atoms with van der Waals surface area (Å²) in [4.78, 5) is 10.8. The molecule has 0 fully saturated rings. The molecule has 1 N–H and O–H groups in total. The molecule has 0 spiro atoms. The minimum atomic E-state index is 0.274. The molecule has 0 aromatic carbocycles. The molecule has 0 saturated carbocycles. The van der Waals surface area contributed by atoms with Crippen LogP contribution in [0.4, 0.5) is 0 Å². The smallest absolute Gasteiger partial charge is 0.0782 e. The van der Waals surface area contributed by atoms with Crippen LogP contribution in [0, 0.1) is 6.92 Å². The molecular formula is C12H22N4. The van der Waals surface area contributed by atoms with Crippen LogP contribution in [0.2, 0.25) is 0 Å². The van der Waals surface area contributed by atoms with Gasteiger partial charge in [-0.25, -0.2) is 0 Å². The summed E-state index contributed by atoms with van der Waals surface area (Å²) in [6.07, 6.45) is 4.63. The standard InChI is InChI=1S/C12H22N4/c1-10(13-6-5-9-16(3)4)12-11(2)14-7-8-15-12/h7-8,10,13H,5-6,9H2,1-4H3. The van der Waals surface area contributed by atoms with E-state index >= 15 is 0 Å². The Morgan fingerprint density at radius 3 is 2.62 bits per heavy atom. The van der Waals surface area contributed by atoms with Crippen molar-refractivity contribution in [3.8, 4) is 0 Å². The van der Waals surface area contributed by atoms with E-state index in [0.717, 1.165) is 30.9 Å². The van der Waals surface area contributed by atoms with Crippen molar-refractivity contribution in [3.63, 3.8) is 0 Å². The quantitative estimate of drug-likeness (QED) is 0.738. The SMILES string of the molecule is Cc1nccnc1C(C)NCCCN(C)C. The highest BCUT2D eigenvalue weighted by Gasteiger charge is 2.08. The van der Waals surface area contributed by atoms with E-state index in [1.807, 2.05) is 6.92 Å². The van der Waals surface area contributed by atoms with Gasteiger partial charge in [-0.3, -0.25) is 9.97 Å². The number of aryl methyl sites for hydroxylation is 1. The van der Waals surface area contributed by atoms with E-state index in [4.69, 9.17) is 0 Å². The summed E-state index contributed by atoms with van der Waals surface area (Å²) in [5.41, 5.74) is 2.06. The molecule has 1 rings (SSSR count). The maximum Gasteiger partial charge on any atom is 0.0782 e. The molecule has 0 bridgehead atoms. The van der Waals surface area contributed by atoms with E-state index in [9.17, 15) is 0 Å². The van der Waals surface area contributed by atoms with Gasteiger partial charge in [-0.2, -0.15) is 0 Å². The van der Waals surface area contributed by atoms with Crippen molar-refractivity contribution in [1.82, 2.24) is 20.2 Å². The number of rotatable bonds is 6. The van der Waals surface area contributed by atoms with E-state index in [0.29, 0.717) is 0 Å². The fourth-order valence-electron chi connectivity index (χ4n) is 1.65. The Kier molecular flexibility index (Phi) is 5.35. The van der Waals surface area contributed by atoms with Crippen molar-refractivity contribution in [2.24, 2.45) is 0 Å². The Hall–Kier alpha value is -1.00. The van der Waals surface area contributed by atoms with Crippen LogP contribution >= 0.6 is 0 Å². The largest absolute Gasteiger partial charge is 0.309 e. The lowest BCUT2D eigenvalue weighted by molar-refractivity contribution is 0.388. The lowest BCUT2D eigenvalue weighted by atomic mass is 10.2. The molecule has 0 amide bonds. The van der Waals surface area contributed by atoms with Crippen LogP contribution in [0.15, 0.2) is 12.4 Å². The van der Waals surface area contributed by atoms with E-state index < -0.39 is 0 Å². The summed E-state index contributed by atoms with van der Waals surface area (Å²) in [6, 6.07) is 0.274. The molecule has 0 aliphatic rings. The second kappa shape index (κ2) is 6.55. The highest BCUT2D eigenvalue weighted by atomic mass is 15.1. The van der Waals surface area contributed by atoms with E-state index in [-0.39, 0.29) is 6.04 Å². The normalized spacial score (nSPS) is 13.1. The van der Waals surface area contributed by atoms with Gasteiger partial charge in [-0.1, -0.05) is 0 Å². The molecule has 1 unspecified atom stereocenters. The van der Waals surface area contributed by atoms with E-state index in [1.165, 1.54) is 0 Å². The molecule has 0 aliphatic carbocycles. The second-order valence-electron chi connectivity index (χ2n) is 4.36. The molecular weight excluding hydrogens is 200 g/mol. The predicted molar refractivity (Wildman–Crippen MR) is 66.4 cm³/mol. The average Bonchev–Trinajstić information content (AvgIpc) is 2.24. The third kappa shape index (κ3) is 4.24. The van der Waals surface area contributed by atoms with Crippen LogP contribution in [0.1, 0.15) is 30.8 Å². The number of aromatic nitrogens is 2. The third-order valence-electron chi connectivity index (χ3n) is 2.56. The van der Waals surface area contributed by atoms with Gasteiger partial charge in [0, 0.05) is 18.4 Å². The van der Waals surface area contributed by atoms with Gasteiger partial charge in [0.25, 0.3) is 0 Å². The lowest BCUT2D eigenvalue weighted by Crippen LogP contribution is -2.25. The molecule has 4 nitrogen and oxygen atoms in total. The van der Waals surface area contributed by atoms with E-state index in [1.54, 1.807) is 12.4 Å². The second-order valence-corrected chi connectivity index (χ2v) is 4.36. The summed E-state index contributed by atoms with van der Waals surface area (Å²) >= 11 is 0. The van der Waals surface area contributed by atoms with Crippen molar-refractivity contribution in [2.45, 2.75) is 26.3 Å². The molecule has 0 aliphatic heterocycles. The molecule has 16 heavy (non-hydrogen) atoms. The first-order valence-corrected chi connectivity index (χ1v) is 5.77. The van der Waals surface area contributed by atoms with Crippen molar-refractivity contribution in [1.29, 1.82) is 0 Å². The van der Waals surface area contributed by atoms with Gasteiger partial charge in [-0.15, -0.1) is 0 Å². The van der Waals surface area contributed by atoms with Gasteiger partial charge in [-0.05, 0) is 47.5 Å². The first-order chi connectivity index (χ1) is 7.61. The van der Waals surface area contributed by atoms with Crippen molar-refractivity contribution in [2.75, 3.05) is 27.2 Å². The number of hydrogen-bond donors (Lipinski definition) is 1. The van der Waals surface area contributed by atoms with Crippen LogP contribution in [0.3, 0.4) is 0 Å². The topological polar surface area (TPSA) is 41.1 Å². The number of hydrogen-bond acceptors (Lipinski definition) is 4. The first-order valence-electron chi connectivity index (χ1n) is 5.77. The third-order valence-corrected chi connectivity index (χ3v) is 2.56. The Labute approximate surface area is 98.1 Å². The molecule has 1 aromatic rings. The van der Waals surface area contributed by atoms with Crippen LogP contribution in [0.25, 0.3) is 0 Å². The summed E-state index contributed by atoms with van der Waals surface area (Å²) in [5, 5.41) is 3.47. The van der Waals surface area contributed by atoms with Crippen molar-refractivity contribution in [3.05, 3.63) is 23.8 Å². The Balaban J connectivity index is 2.35. The van der Waals surface area contributed by atoms with Crippen LogP contribution in [0.5, 0.6) is 0 Å². The first kappa shape index (κ1) is 13.1. The summed E-state index contributed by atoms with van der Waals surface area (Å²) in [5.74, 6) is 0. The highest BCUT2D eigenvalue weighted by molar-refractivity contribution is 5.12. The van der Waals surface area contributed by atoms with Gasteiger partial charge in [0.1, 0.15) is 0 Å².